The molecule has 0 aromatic heterocycles. The molecule has 106 valence electrons. The van der Waals surface area contributed by atoms with Crippen molar-refractivity contribution in [1.82, 2.24) is 5.32 Å². The summed E-state index contributed by atoms with van der Waals surface area (Å²) >= 11 is 0. The second-order valence-electron chi connectivity index (χ2n) is 4.17. The highest BCUT2D eigenvalue weighted by atomic mass is 16.5. The van der Waals surface area contributed by atoms with E-state index in [1.54, 1.807) is 19.2 Å². The van der Waals surface area contributed by atoms with Crippen LogP contribution >= 0.6 is 0 Å². The Labute approximate surface area is 114 Å². The Balaban J connectivity index is 2.50. The third-order valence-corrected chi connectivity index (χ3v) is 2.70. The molecule has 0 spiro atoms. The van der Waals surface area contributed by atoms with Crippen LogP contribution in [0.5, 0.6) is 11.5 Å². The van der Waals surface area contributed by atoms with E-state index < -0.39 is 0 Å². The lowest BCUT2D eigenvalue weighted by Gasteiger charge is -2.11. The molecule has 5 heteroatoms. The summed E-state index contributed by atoms with van der Waals surface area (Å²) in [5.41, 5.74) is 6.46. The van der Waals surface area contributed by atoms with Gasteiger partial charge in [0, 0.05) is 18.7 Å². The molecule has 0 radical (unpaired) electrons. The maximum Gasteiger partial charge on any atom is 0.257 e. The topological polar surface area (TPSA) is 73.6 Å². The molecule has 0 aliphatic rings. The summed E-state index contributed by atoms with van der Waals surface area (Å²) in [5, 5.41) is 2.79. The van der Waals surface area contributed by atoms with E-state index in [0.717, 1.165) is 24.2 Å². The van der Waals surface area contributed by atoms with E-state index in [1.807, 2.05) is 6.07 Å². The molecular weight excluding hydrogens is 244 g/mol. The van der Waals surface area contributed by atoms with E-state index in [2.05, 4.69) is 12.2 Å². The zero-order chi connectivity index (χ0) is 14.1. The molecule has 1 aromatic carbocycles. The van der Waals surface area contributed by atoms with Crippen LogP contribution in [0.3, 0.4) is 0 Å². The molecule has 3 N–H and O–H groups in total. The van der Waals surface area contributed by atoms with Crippen LogP contribution in [0, 0.1) is 0 Å². The molecule has 0 unspecified atom stereocenters. The zero-order valence-corrected chi connectivity index (χ0v) is 11.6. The normalized spacial score (nSPS) is 10.1. The van der Waals surface area contributed by atoms with Gasteiger partial charge in [-0.2, -0.15) is 0 Å². The average molecular weight is 266 g/mol. The maximum absolute atomic E-state index is 11.5. The van der Waals surface area contributed by atoms with E-state index in [1.165, 1.54) is 0 Å². The second-order valence-corrected chi connectivity index (χ2v) is 4.17. The molecule has 0 heterocycles. The van der Waals surface area contributed by atoms with Crippen LogP contribution in [-0.2, 0) is 11.3 Å². The van der Waals surface area contributed by atoms with Crippen LogP contribution < -0.4 is 20.5 Å². The van der Waals surface area contributed by atoms with Crippen molar-refractivity contribution < 1.29 is 14.3 Å². The first kappa shape index (κ1) is 15.3. The van der Waals surface area contributed by atoms with Crippen molar-refractivity contribution in [3.8, 4) is 11.5 Å². The molecular formula is C14H22N2O3. The highest BCUT2D eigenvalue weighted by molar-refractivity contribution is 5.77. The van der Waals surface area contributed by atoms with Crippen LogP contribution in [0.25, 0.3) is 0 Å². The van der Waals surface area contributed by atoms with Gasteiger partial charge in [-0.05, 0) is 24.6 Å². The maximum atomic E-state index is 11.5. The highest BCUT2D eigenvalue weighted by Crippen LogP contribution is 2.23. The number of ether oxygens (including phenoxy) is 2. The van der Waals surface area contributed by atoms with Gasteiger partial charge in [-0.25, -0.2) is 0 Å². The highest BCUT2D eigenvalue weighted by Gasteiger charge is 2.07. The fraction of sp³-hybridized carbons (Fsp3) is 0.500. The number of rotatable bonds is 8. The molecule has 0 fully saturated rings. The lowest BCUT2D eigenvalue weighted by atomic mass is 10.2. The van der Waals surface area contributed by atoms with E-state index >= 15 is 0 Å². The van der Waals surface area contributed by atoms with Gasteiger partial charge in [0.1, 0.15) is 11.5 Å². The van der Waals surface area contributed by atoms with Crippen LogP contribution in [0.4, 0.5) is 0 Å². The molecule has 0 bridgehead atoms. The lowest BCUT2D eigenvalue weighted by molar-refractivity contribution is -0.123. The fourth-order valence-electron chi connectivity index (χ4n) is 1.58. The van der Waals surface area contributed by atoms with Gasteiger partial charge >= 0.3 is 0 Å². The van der Waals surface area contributed by atoms with Crippen molar-refractivity contribution in [2.24, 2.45) is 5.73 Å². The summed E-state index contributed by atoms with van der Waals surface area (Å²) < 4.78 is 10.6. The molecule has 1 aromatic rings. The summed E-state index contributed by atoms with van der Waals surface area (Å²) in [6.07, 6.45) is 2.03. The predicted octanol–water partition coefficient (Wildman–Crippen LogP) is 1.45. The number of methoxy groups -OCH3 is 1. The van der Waals surface area contributed by atoms with Crippen LogP contribution in [0.2, 0.25) is 0 Å². The third kappa shape index (κ3) is 5.18. The van der Waals surface area contributed by atoms with Gasteiger partial charge in [0.2, 0.25) is 0 Å². The Hall–Kier alpha value is -1.75. The number of benzene rings is 1. The van der Waals surface area contributed by atoms with Crippen molar-refractivity contribution in [2.75, 3.05) is 20.3 Å². The summed E-state index contributed by atoms with van der Waals surface area (Å²) in [7, 11) is 1.59. The van der Waals surface area contributed by atoms with Crippen molar-refractivity contribution in [3.63, 3.8) is 0 Å². The van der Waals surface area contributed by atoms with E-state index in [-0.39, 0.29) is 12.5 Å². The number of carbonyl (C=O) groups excluding carboxylic acids is 1. The minimum atomic E-state index is -0.118. The molecule has 0 saturated carbocycles. The van der Waals surface area contributed by atoms with Gasteiger partial charge in [-0.15, -0.1) is 0 Å². The third-order valence-electron chi connectivity index (χ3n) is 2.70. The number of nitrogens with two attached hydrogens (primary N) is 1. The van der Waals surface area contributed by atoms with Crippen molar-refractivity contribution >= 4 is 5.91 Å². The summed E-state index contributed by atoms with van der Waals surface area (Å²) in [6, 6.07) is 5.36. The first-order valence-electron chi connectivity index (χ1n) is 6.47. The Bertz CT molecular complexity index is 408. The zero-order valence-electron chi connectivity index (χ0n) is 11.6. The number of amides is 1. The Morgan fingerprint density at radius 1 is 1.42 bits per heavy atom. The molecule has 0 aliphatic carbocycles. The van der Waals surface area contributed by atoms with Gasteiger partial charge in [0.15, 0.2) is 6.61 Å². The van der Waals surface area contributed by atoms with E-state index in [9.17, 15) is 4.79 Å². The number of nitrogens with one attached hydrogen (secondary N) is 1. The largest absolute Gasteiger partial charge is 0.497 e. The molecule has 0 saturated heterocycles. The standard InChI is InChI=1S/C14H22N2O3/c1-3-4-7-16-14(17)10-19-13-6-5-12(18-2)8-11(13)9-15/h5-6,8H,3-4,7,9-10,15H2,1-2H3,(H,16,17). The average Bonchev–Trinajstić information content (AvgIpc) is 2.45. The minimum absolute atomic E-state index is 0.00302. The molecule has 1 rings (SSSR count). The van der Waals surface area contributed by atoms with Crippen molar-refractivity contribution in [2.45, 2.75) is 26.3 Å². The summed E-state index contributed by atoms with van der Waals surface area (Å²) in [4.78, 5) is 11.5. The quantitative estimate of drug-likeness (QED) is 0.698. The predicted molar refractivity (Wildman–Crippen MR) is 74.3 cm³/mol. The number of hydrogen-bond acceptors (Lipinski definition) is 4. The minimum Gasteiger partial charge on any atom is -0.497 e. The summed E-state index contributed by atoms with van der Waals surface area (Å²) in [6.45, 7) is 3.10. The first-order chi connectivity index (χ1) is 9.21. The fourth-order valence-corrected chi connectivity index (χ4v) is 1.58. The van der Waals surface area contributed by atoms with Crippen LogP contribution in [-0.4, -0.2) is 26.2 Å². The van der Waals surface area contributed by atoms with Gasteiger partial charge < -0.3 is 20.5 Å². The number of unbranched alkanes of at least 4 members (excludes halogenated alkanes) is 1. The number of hydrogen-bond donors (Lipinski definition) is 2. The molecule has 0 aliphatic heterocycles. The van der Waals surface area contributed by atoms with Gasteiger partial charge in [-0.1, -0.05) is 13.3 Å². The molecule has 19 heavy (non-hydrogen) atoms. The monoisotopic (exact) mass is 266 g/mol. The summed E-state index contributed by atoms with van der Waals surface area (Å²) in [5.74, 6) is 1.22. The molecule has 0 atom stereocenters. The first-order valence-corrected chi connectivity index (χ1v) is 6.47. The van der Waals surface area contributed by atoms with Gasteiger partial charge in [0.05, 0.1) is 7.11 Å². The Morgan fingerprint density at radius 3 is 2.84 bits per heavy atom. The van der Waals surface area contributed by atoms with Crippen LogP contribution in [0.15, 0.2) is 18.2 Å². The van der Waals surface area contributed by atoms with Crippen LogP contribution in [0.1, 0.15) is 25.3 Å². The molecule has 5 nitrogen and oxygen atoms in total. The SMILES string of the molecule is CCCCNC(=O)COc1ccc(OC)cc1CN. The van der Waals surface area contributed by atoms with Gasteiger partial charge in [0.25, 0.3) is 5.91 Å². The van der Waals surface area contributed by atoms with Crippen molar-refractivity contribution in [3.05, 3.63) is 23.8 Å². The van der Waals surface area contributed by atoms with Crippen molar-refractivity contribution in [1.29, 1.82) is 0 Å². The lowest BCUT2D eigenvalue weighted by Crippen LogP contribution is -2.29. The second kappa shape index (κ2) is 8.37. The smallest absolute Gasteiger partial charge is 0.257 e. The molecule has 1 amide bonds. The van der Waals surface area contributed by atoms with E-state index in [0.29, 0.717) is 18.8 Å². The Kier molecular flexibility index (Phi) is 6.74. The number of carbonyl (C=O) groups is 1. The van der Waals surface area contributed by atoms with Gasteiger partial charge in [-0.3, -0.25) is 4.79 Å². The Morgan fingerprint density at radius 2 is 2.21 bits per heavy atom. The van der Waals surface area contributed by atoms with E-state index in [4.69, 9.17) is 15.2 Å².